The van der Waals surface area contributed by atoms with E-state index in [0.717, 1.165) is 18.5 Å². The van der Waals surface area contributed by atoms with E-state index in [1.54, 1.807) is 7.11 Å². The maximum Gasteiger partial charge on any atom is 0.213 e. The van der Waals surface area contributed by atoms with Gasteiger partial charge in [-0.2, -0.15) is 0 Å². The van der Waals surface area contributed by atoms with E-state index in [-0.39, 0.29) is 0 Å². The molecule has 0 amide bonds. The Morgan fingerprint density at radius 1 is 1.33 bits per heavy atom. The van der Waals surface area contributed by atoms with Gasteiger partial charge in [-0.3, -0.25) is 0 Å². The molecule has 0 bridgehead atoms. The van der Waals surface area contributed by atoms with Gasteiger partial charge in [-0.25, -0.2) is 4.98 Å². The van der Waals surface area contributed by atoms with E-state index in [9.17, 15) is 0 Å². The van der Waals surface area contributed by atoms with Gasteiger partial charge in [0.05, 0.1) is 30.6 Å². The molecule has 1 aliphatic rings. The first-order chi connectivity index (χ1) is 8.83. The number of hydrogen-bond acceptors (Lipinski definition) is 4. The molecule has 4 nitrogen and oxygen atoms in total. The molecular formula is C14H22N2O2. The maximum atomic E-state index is 5.53. The van der Waals surface area contributed by atoms with Crippen LogP contribution >= 0.6 is 0 Å². The monoisotopic (exact) mass is 250 g/mol. The summed E-state index contributed by atoms with van der Waals surface area (Å²) < 4.78 is 10.9. The predicted molar refractivity (Wildman–Crippen MR) is 72.1 cm³/mol. The van der Waals surface area contributed by atoms with Crippen LogP contribution < -0.4 is 10.1 Å². The van der Waals surface area contributed by atoms with Gasteiger partial charge in [0.25, 0.3) is 0 Å². The van der Waals surface area contributed by atoms with Crippen LogP contribution in [0, 0.1) is 0 Å². The van der Waals surface area contributed by atoms with Crippen LogP contribution in [0.5, 0.6) is 5.88 Å². The third kappa shape index (κ3) is 3.35. The Labute approximate surface area is 109 Å². The standard InChI is InChI=1S/C14H22N2O2/c1-3-18-14-9-8-11(10-15-14)16-12-6-4-5-7-13(12)17-2/h8-10,12-13,16H,3-7H2,1-2H3. The number of rotatable bonds is 5. The van der Waals surface area contributed by atoms with Gasteiger partial charge in [-0.05, 0) is 25.8 Å². The quantitative estimate of drug-likeness (QED) is 0.872. The Morgan fingerprint density at radius 3 is 2.83 bits per heavy atom. The fraction of sp³-hybridized carbons (Fsp3) is 0.643. The second kappa shape index (κ2) is 6.59. The predicted octanol–water partition coefficient (Wildman–Crippen LogP) is 2.85. The molecule has 1 aromatic rings. The van der Waals surface area contributed by atoms with Crippen molar-refractivity contribution in [2.75, 3.05) is 19.0 Å². The minimum atomic E-state index is 0.310. The SMILES string of the molecule is CCOc1ccc(NC2CCCCC2OC)cn1. The topological polar surface area (TPSA) is 43.4 Å². The van der Waals surface area contributed by atoms with Crippen LogP contribution in [0.15, 0.2) is 18.3 Å². The number of ether oxygens (including phenoxy) is 2. The third-order valence-corrected chi connectivity index (χ3v) is 3.39. The van der Waals surface area contributed by atoms with Gasteiger partial charge in [0.15, 0.2) is 0 Å². The summed E-state index contributed by atoms with van der Waals surface area (Å²) in [7, 11) is 1.79. The van der Waals surface area contributed by atoms with Crippen molar-refractivity contribution in [3.63, 3.8) is 0 Å². The summed E-state index contributed by atoms with van der Waals surface area (Å²) in [4.78, 5) is 4.26. The van der Waals surface area contributed by atoms with Gasteiger partial charge in [-0.1, -0.05) is 12.8 Å². The third-order valence-electron chi connectivity index (χ3n) is 3.39. The second-order valence-corrected chi connectivity index (χ2v) is 4.63. The number of nitrogens with zero attached hydrogens (tertiary/aromatic N) is 1. The van der Waals surface area contributed by atoms with Crippen LogP contribution in [0.25, 0.3) is 0 Å². The molecule has 4 heteroatoms. The molecule has 0 radical (unpaired) electrons. The van der Waals surface area contributed by atoms with E-state index in [1.807, 2.05) is 25.3 Å². The van der Waals surface area contributed by atoms with Gasteiger partial charge in [0, 0.05) is 13.2 Å². The summed E-state index contributed by atoms with van der Waals surface area (Å²) in [6.07, 6.45) is 6.96. The molecule has 1 aromatic heterocycles. The fourth-order valence-electron chi connectivity index (χ4n) is 2.46. The highest BCUT2D eigenvalue weighted by Crippen LogP contribution is 2.24. The van der Waals surface area contributed by atoms with Crippen molar-refractivity contribution in [1.29, 1.82) is 0 Å². The average Bonchev–Trinajstić information content (AvgIpc) is 2.42. The molecule has 0 saturated heterocycles. The van der Waals surface area contributed by atoms with Crippen LogP contribution in [0.2, 0.25) is 0 Å². The Bertz CT molecular complexity index is 353. The summed E-state index contributed by atoms with van der Waals surface area (Å²) in [6.45, 7) is 2.60. The van der Waals surface area contributed by atoms with Gasteiger partial charge in [0.2, 0.25) is 5.88 Å². The molecule has 1 N–H and O–H groups in total. The zero-order valence-corrected chi connectivity index (χ0v) is 11.2. The highest BCUT2D eigenvalue weighted by Gasteiger charge is 2.24. The van der Waals surface area contributed by atoms with Crippen molar-refractivity contribution < 1.29 is 9.47 Å². The largest absolute Gasteiger partial charge is 0.478 e. The number of hydrogen-bond donors (Lipinski definition) is 1. The van der Waals surface area contributed by atoms with E-state index >= 15 is 0 Å². The lowest BCUT2D eigenvalue weighted by Crippen LogP contribution is -2.37. The van der Waals surface area contributed by atoms with Crippen LogP contribution in [0.3, 0.4) is 0 Å². The van der Waals surface area contributed by atoms with E-state index < -0.39 is 0 Å². The smallest absolute Gasteiger partial charge is 0.213 e. The zero-order valence-electron chi connectivity index (χ0n) is 11.2. The van der Waals surface area contributed by atoms with Crippen molar-refractivity contribution in [3.8, 4) is 5.88 Å². The highest BCUT2D eigenvalue weighted by atomic mass is 16.5. The van der Waals surface area contributed by atoms with Crippen LogP contribution in [-0.2, 0) is 4.74 Å². The Hall–Kier alpha value is -1.29. The van der Waals surface area contributed by atoms with E-state index in [2.05, 4.69) is 10.3 Å². The van der Waals surface area contributed by atoms with Gasteiger partial charge >= 0.3 is 0 Å². The first-order valence-electron chi connectivity index (χ1n) is 6.71. The van der Waals surface area contributed by atoms with Crippen LogP contribution in [0.4, 0.5) is 5.69 Å². The average molecular weight is 250 g/mol. The molecule has 0 aliphatic heterocycles. The van der Waals surface area contributed by atoms with E-state index in [0.29, 0.717) is 24.6 Å². The Morgan fingerprint density at radius 2 is 2.17 bits per heavy atom. The summed E-state index contributed by atoms with van der Waals surface area (Å²) in [5, 5.41) is 3.51. The van der Waals surface area contributed by atoms with Crippen molar-refractivity contribution in [3.05, 3.63) is 18.3 Å². The summed E-state index contributed by atoms with van der Waals surface area (Å²) in [5.74, 6) is 0.676. The molecule has 0 aromatic carbocycles. The first-order valence-corrected chi connectivity index (χ1v) is 6.71. The van der Waals surface area contributed by atoms with Gasteiger partial charge in [-0.15, -0.1) is 0 Å². The van der Waals surface area contributed by atoms with Crippen LogP contribution in [-0.4, -0.2) is 30.8 Å². The molecule has 18 heavy (non-hydrogen) atoms. The molecule has 1 heterocycles. The summed E-state index contributed by atoms with van der Waals surface area (Å²) in [6, 6.07) is 4.30. The van der Waals surface area contributed by atoms with Crippen molar-refractivity contribution in [2.45, 2.75) is 44.8 Å². The number of methoxy groups -OCH3 is 1. The number of aromatic nitrogens is 1. The lowest BCUT2D eigenvalue weighted by molar-refractivity contribution is 0.0606. The van der Waals surface area contributed by atoms with Crippen molar-refractivity contribution >= 4 is 5.69 Å². The minimum Gasteiger partial charge on any atom is -0.478 e. The number of anilines is 1. The summed E-state index contributed by atoms with van der Waals surface area (Å²) in [5.41, 5.74) is 1.03. The molecule has 2 atom stereocenters. The second-order valence-electron chi connectivity index (χ2n) is 4.63. The first kappa shape index (κ1) is 13.1. The molecular weight excluding hydrogens is 228 g/mol. The molecule has 1 aliphatic carbocycles. The molecule has 100 valence electrons. The van der Waals surface area contributed by atoms with Crippen LogP contribution in [0.1, 0.15) is 32.6 Å². The molecule has 1 fully saturated rings. The highest BCUT2D eigenvalue weighted by molar-refractivity contribution is 5.43. The lowest BCUT2D eigenvalue weighted by atomic mass is 9.92. The van der Waals surface area contributed by atoms with E-state index in [4.69, 9.17) is 9.47 Å². The lowest BCUT2D eigenvalue weighted by Gasteiger charge is -2.31. The Balaban J connectivity index is 1.95. The Kier molecular flexibility index (Phi) is 4.81. The molecule has 1 saturated carbocycles. The zero-order chi connectivity index (χ0) is 12.8. The summed E-state index contributed by atoms with van der Waals surface area (Å²) >= 11 is 0. The number of pyridine rings is 1. The molecule has 2 unspecified atom stereocenters. The fourth-order valence-corrected chi connectivity index (χ4v) is 2.46. The molecule has 2 rings (SSSR count). The maximum absolute atomic E-state index is 5.53. The van der Waals surface area contributed by atoms with Gasteiger partial charge < -0.3 is 14.8 Å². The number of nitrogens with one attached hydrogen (secondary N) is 1. The van der Waals surface area contributed by atoms with Crippen molar-refractivity contribution in [1.82, 2.24) is 4.98 Å². The molecule has 0 spiro atoms. The minimum absolute atomic E-state index is 0.310. The normalized spacial score (nSPS) is 23.7. The van der Waals surface area contributed by atoms with E-state index in [1.165, 1.54) is 12.8 Å². The van der Waals surface area contributed by atoms with Gasteiger partial charge in [0.1, 0.15) is 0 Å². The van der Waals surface area contributed by atoms with Crippen molar-refractivity contribution in [2.24, 2.45) is 0 Å².